The molecule has 92 valence electrons. The van der Waals surface area contributed by atoms with E-state index >= 15 is 0 Å². The first-order valence-electron chi connectivity index (χ1n) is 5.38. The van der Waals surface area contributed by atoms with E-state index in [1.54, 1.807) is 7.11 Å². The molecule has 2 heterocycles. The van der Waals surface area contributed by atoms with E-state index in [2.05, 4.69) is 10.2 Å². The lowest BCUT2D eigenvalue weighted by atomic mass is 10.2. The normalized spacial score (nSPS) is 11.0. The maximum atomic E-state index is 5.33. The van der Waals surface area contributed by atoms with Crippen molar-refractivity contribution in [2.45, 2.75) is 0 Å². The summed E-state index contributed by atoms with van der Waals surface area (Å²) in [5, 5.41) is 7.72. The minimum absolute atomic E-state index is 0.271. The monoisotopic (exact) mass is 261 g/mol. The summed E-state index contributed by atoms with van der Waals surface area (Å²) in [6.07, 6.45) is 0. The zero-order chi connectivity index (χ0) is 12.7. The number of nitrogens with one attached hydrogen (secondary N) is 1. The molecule has 18 heavy (non-hydrogen) atoms. The average Bonchev–Trinajstić information content (AvgIpc) is 2.93. The van der Waals surface area contributed by atoms with Crippen molar-refractivity contribution in [3.05, 3.63) is 29.1 Å². The van der Waals surface area contributed by atoms with Gasteiger partial charge in [0.25, 0.3) is 10.7 Å². The zero-order valence-electron chi connectivity index (χ0n) is 9.93. The van der Waals surface area contributed by atoms with Crippen molar-refractivity contribution in [2.24, 2.45) is 7.05 Å². The second kappa shape index (κ2) is 3.99. The third-order valence-corrected chi connectivity index (χ3v) is 3.08. The van der Waals surface area contributed by atoms with E-state index < -0.39 is 0 Å². The fourth-order valence-corrected chi connectivity index (χ4v) is 2.12. The van der Waals surface area contributed by atoms with Gasteiger partial charge in [0.1, 0.15) is 11.4 Å². The number of H-pyrrole nitrogens is 1. The van der Waals surface area contributed by atoms with Gasteiger partial charge in [-0.1, -0.05) is 0 Å². The van der Waals surface area contributed by atoms with Gasteiger partial charge in [-0.15, -0.1) is 5.10 Å². The lowest BCUT2D eigenvalue weighted by Gasteiger charge is -2.01. The highest BCUT2D eigenvalue weighted by Gasteiger charge is 2.12. The molecule has 0 saturated carbocycles. The second-order valence-corrected chi connectivity index (χ2v) is 4.30. The lowest BCUT2D eigenvalue weighted by molar-refractivity contribution is 0.415. The molecule has 0 aliphatic rings. The van der Waals surface area contributed by atoms with Crippen LogP contribution in [0.5, 0.6) is 5.75 Å². The number of methoxy groups -OCH3 is 1. The van der Waals surface area contributed by atoms with E-state index in [4.69, 9.17) is 21.4 Å². The van der Waals surface area contributed by atoms with Gasteiger partial charge in [0.15, 0.2) is 0 Å². The summed E-state index contributed by atoms with van der Waals surface area (Å²) in [7, 11) is 3.61. The molecule has 0 radical (unpaired) electrons. The van der Waals surface area contributed by atoms with Crippen molar-refractivity contribution in [3.8, 4) is 17.3 Å². The molecule has 5 nitrogen and oxygen atoms in total. The summed E-state index contributed by atoms with van der Waals surface area (Å²) < 4.78 is 12.5. The third-order valence-electron chi connectivity index (χ3n) is 2.91. The predicted octanol–water partition coefficient (Wildman–Crippen LogP) is 2.90. The van der Waals surface area contributed by atoms with Crippen molar-refractivity contribution in [1.29, 1.82) is 0 Å². The van der Waals surface area contributed by atoms with Gasteiger partial charge in [-0.3, -0.25) is 0 Å². The number of ether oxygens (including phenoxy) is 1. The highest BCUT2D eigenvalue weighted by Crippen LogP contribution is 2.28. The second-order valence-electron chi connectivity index (χ2n) is 3.93. The van der Waals surface area contributed by atoms with E-state index in [9.17, 15) is 0 Å². The van der Waals surface area contributed by atoms with Gasteiger partial charge in [-0.05, 0) is 36.5 Å². The summed E-state index contributed by atoms with van der Waals surface area (Å²) in [5.41, 5.74) is 1.94. The van der Waals surface area contributed by atoms with Crippen LogP contribution in [0.15, 0.2) is 28.7 Å². The van der Waals surface area contributed by atoms with Gasteiger partial charge in [-0.25, -0.2) is 5.10 Å². The highest BCUT2D eigenvalue weighted by molar-refractivity contribution is 7.71. The van der Waals surface area contributed by atoms with E-state index in [1.807, 2.05) is 35.9 Å². The molecule has 2 aromatic heterocycles. The van der Waals surface area contributed by atoms with Crippen molar-refractivity contribution in [2.75, 3.05) is 7.11 Å². The molecule has 0 spiro atoms. The standard InChI is InChI=1S/C12H11N3O2S/c1-15-9-4-3-8(16-2)5-7(9)6-10(15)11-13-14-12(18)17-11/h3-6H,1-2H3,(H,14,18). The van der Waals surface area contributed by atoms with E-state index in [0.717, 1.165) is 22.3 Å². The molecular weight excluding hydrogens is 250 g/mol. The number of aromatic nitrogens is 3. The molecule has 0 fully saturated rings. The molecule has 0 saturated heterocycles. The Balaban J connectivity index is 2.25. The maximum absolute atomic E-state index is 5.33. The van der Waals surface area contributed by atoms with E-state index in [0.29, 0.717) is 5.89 Å². The number of hydrogen-bond donors (Lipinski definition) is 1. The molecule has 6 heteroatoms. The van der Waals surface area contributed by atoms with E-state index in [-0.39, 0.29) is 4.84 Å². The summed E-state index contributed by atoms with van der Waals surface area (Å²) in [6, 6.07) is 7.89. The first kappa shape index (κ1) is 11.0. The quantitative estimate of drug-likeness (QED) is 0.721. The van der Waals surface area contributed by atoms with Crippen LogP contribution in [0.4, 0.5) is 0 Å². The Morgan fingerprint density at radius 2 is 2.22 bits per heavy atom. The molecule has 0 unspecified atom stereocenters. The first-order chi connectivity index (χ1) is 8.69. The van der Waals surface area contributed by atoms with Gasteiger partial charge in [0.2, 0.25) is 0 Å². The molecule has 3 aromatic rings. The van der Waals surface area contributed by atoms with Crippen molar-refractivity contribution < 1.29 is 9.15 Å². The summed E-state index contributed by atoms with van der Waals surface area (Å²) >= 11 is 4.88. The van der Waals surface area contributed by atoms with Crippen molar-refractivity contribution in [3.63, 3.8) is 0 Å². The van der Waals surface area contributed by atoms with Gasteiger partial charge in [-0.2, -0.15) is 0 Å². The molecule has 3 rings (SSSR count). The summed E-state index contributed by atoms with van der Waals surface area (Å²) in [5.74, 6) is 1.31. The SMILES string of the molecule is COc1ccc2c(c1)cc(-c1n[nH]c(=S)o1)n2C. The number of benzene rings is 1. The average molecular weight is 261 g/mol. The van der Waals surface area contributed by atoms with Crippen LogP contribution in [0.25, 0.3) is 22.5 Å². The number of hydrogen-bond acceptors (Lipinski definition) is 4. The van der Waals surface area contributed by atoms with Gasteiger partial charge < -0.3 is 13.7 Å². The molecule has 1 N–H and O–H groups in total. The number of aryl methyl sites for hydroxylation is 1. The Morgan fingerprint density at radius 3 is 2.89 bits per heavy atom. The Morgan fingerprint density at radius 1 is 1.39 bits per heavy atom. The highest BCUT2D eigenvalue weighted by atomic mass is 32.1. The molecule has 0 amide bonds. The number of nitrogens with zero attached hydrogens (tertiary/aromatic N) is 2. The number of aromatic amines is 1. The molecular formula is C12H11N3O2S. The number of rotatable bonds is 2. The fourth-order valence-electron chi connectivity index (χ4n) is 2.00. The summed E-state index contributed by atoms with van der Waals surface area (Å²) in [6.45, 7) is 0. The largest absolute Gasteiger partial charge is 0.497 e. The molecule has 0 aliphatic heterocycles. The van der Waals surface area contributed by atoms with Crippen LogP contribution in [0, 0.1) is 4.84 Å². The molecule has 0 atom stereocenters. The van der Waals surface area contributed by atoms with Crippen LogP contribution < -0.4 is 4.74 Å². The minimum atomic E-state index is 0.271. The van der Waals surface area contributed by atoms with Crippen LogP contribution in [0.3, 0.4) is 0 Å². The fraction of sp³-hybridized carbons (Fsp3) is 0.167. The lowest BCUT2D eigenvalue weighted by Crippen LogP contribution is -1.91. The summed E-state index contributed by atoms with van der Waals surface area (Å²) in [4.78, 5) is 0.271. The smallest absolute Gasteiger partial charge is 0.284 e. The minimum Gasteiger partial charge on any atom is -0.497 e. The molecule has 0 aliphatic carbocycles. The maximum Gasteiger partial charge on any atom is 0.284 e. The zero-order valence-corrected chi connectivity index (χ0v) is 10.7. The van der Waals surface area contributed by atoms with Crippen LogP contribution in [0.2, 0.25) is 0 Å². The van der Waals surface area contributed by atoms with Crippen LogP contribution >= 0.6 is 12.2 Å². The number of fused-ring (bicyclic) bond motifs is 1. The van der Waals surface area contributed by atoms with Crippen LogP contribution in [0.1, 0.15) is 0 Å². The molecule has 1 aromatic carbocycles. The van der Waals surface area contributed by atoms with Crippen LogP contribution in [-0.4, -0.2) is 21.9 Å². The Bertz CT molecular complexity index is 769. The Kier molecular flexibility index (Phi) is 2.45. The Labute approximate surface area is 108 Å². The van der Waals surface area contributed by atoms with Gasteiger partial charge in [0, 0.05) is 18.0 Å². The molecule has 0 bridgehead atoms. The van der Waals surface area contributed by atoms with Crippen molar-refractivity contribution in [1.82, 2.24) is 14.8 Å². The Hall–Kier alpha value is -2.08. The third kappa shape index (κ3) is 1.62. The van der Waals surface area contributed by atoms with Crippen LogP contribution in [-0.2, 0) is 7.05 Å². The van der Waals surface area contributed by atoms with Gasteiger partial charge >= 0.3 is 0 Å². The van der Waals surface area contributed by atoms with Crippen molar-refractivity contribution >= 4 is 23.1 Å². The first-order valence-corrected chi connectivity index (χ1v) is 5.79. The predicted molar refractivity (Wildman–Crippen MR) is 70.2 cm³/mol. The van der Waals surface area contributed by atoms with E-state index in [1.165, 1.54) is 0 Å². The van der Waals surface area contributed by atoms with Gasteiger partial charge in [0.05, 0.1) is 7.11 Å². The topological polar surface area (TPSA) is 56.0 Å².